The van der Waals surface area contributed by atoms with Gasteiger partial charge in [0.1, 0.15) is 5.82 Å². The maximum atomic E-state index is 13.7. The van der Waals surface area contributed by atoms with Crippen LogP contribution in [0.15, 0.2) is 18.2 Å². The summed E-state index contributed by atoms with van der Waals surface area (Å²) < 4.78 is 13.7. The standard InChI is InChI=1S/C23H27FN4O2/c1-12-16-6-4-14(11-26-22(29)13(2)25-3)8-21(16)27-20(12)10-18-17-9-15(24)5-7-19(17)28-23(18)30/h5,7,9-10,13-14,25,27H,4,6,8,11H2,1-3H3,(H,26,29)(H,28,30)/t13?,14-/m0/s1. The van der Waals surface area contributed by atoms with E-state index in [1.807, 2.05) is 13.0 Å². The third-order valence-electron chi connectivity index (χ3n) is 6.25. The molecule has 4 N–H and O–H groups in total. The summed E-state index contributed by atoms with van der Waals surface area (Å²) in [5.74, 6) is -0.207. The van der Waals surface area contributed by atoms with E-state index in [0.29, 0.717) is 29.3 Å². The van der Waals surface area contributed by atoms with Gasteiger partial charge in [0.2, 0.25) is 5.91 Å². The van der Waals surface area contributed by atoms with Crippen LogP contribution in [0.3, 0.4) is 0 Å². The molecule has 7 heteroatoms. The molecule has 2 amide bonds. The highest BCUT2D eigenvalue weighted by Crippen LogP contribution is 2.36. The van der Waals surface area contributed by atoms with Gasteiger partial charge < -0.3 is 20.9 Å². The second-order valence-corrected chi connectivity index (χ2v) is 8.19. The predicted molar refractivity (Wildman–Crippen MR) is 115 cm³/mol. The first kappa shape index (κ1) is 20.3. The lowest BCUT2D eigenvalue weighted by atomic mass is 9.86. The van der Waals surface area contributed by atoms with Gasteiger partial charge in [0.15, 0.2) is 0 Å². The molecule has 2 heterocycles. The number of hydrogen-bond donors (Lipinski definition) is 4. The Morgan fingerprint density at radius 1 is 1.40 bits per heavy atom. The minimum atomic E-state index is -0.365. The lowest BCUT2D eigenvalue weighted by molar-refractivity contribution is -0.122. The summed E-state index contributed by atoms with van der Waals surface area (Å²) in [6.45, 7) is 4.54. The van der Waals surface area contributed by atoms with E-state index in [1.165, 1.54) is 17.7 Å². The van der Waals surface area contributed by atoms with Crippen molar-refractivity contribution in [2.75, 3.05) is 18.9 Å². The van der Waals surface area contributed by atoms with Crippen LogP contribution < -0.4 is 16.0 Å². The lowest BCUT2D eigenvalue weighted by Crippen LogP contribution is -2.42. The van der Waals surface area contributed by atoms with Crippen molar-refractivity contribution in [3.63, 3.8) is 0 Å². The summed E-state index contributed by atoms with van der Waals surface area (Å²) in [6, 6.07) is 4.11. The molecule has 1 aliphatic heterocycles. The molecule has 1 aromatic heterocycles. The average Bonchev–Trinajstić information content (AvgIpc) is 3.21. The smallest absolute Gasteiger partial charge is 0.256 e. The minimum Gasteiger partial charge on any atom is -0.358 e. The van der Waals surface area contributed by atoms with Gasteiger partial charge in [0.05, 0.1) is 11.6 Å². The maximum absolute atomic E-state index is 13.7. The first-order valence-corrected chi connectivity index (χ1v) is 10.4. The summed E-state index contributed by atoms with van der Waals surface area (Å²) in [6.07, 6.45) is 4.61. The first-order valence-electron chi connectivity index (χ1n) is 10.4. The monoisotopic (exact) mass is 410 g/mol. The van der Waals surface area contributed by atoms with Gasteiger partial charge in [-0.2, -0.15) is 0 Å². The van der Waals surface area contributed by atoms with E-state index in [-0.39, 0.29) is 23.7 Å². The molecular formula is C23H27FN4O2. The number of H-pyrrole nitrogens is 1. The normalized spacial score (nSPS) is 19.9. The summed E-state index contributed by atoms with van der Waals surface area (Å²) in [5, 5.41) is 8.76. The molecule has 6 nitrogen and oxygen atoms in total. The molecule has 4 rings (SSSR count). The lowest BCUT2D eigenvalue weighted by Gasteiger charge is -2.23. The fraction of sp³-hybridized carbons (Fsp3) is 0.391. The first-order chi connectivity index (χ1) is 14.4. The summed E-state index contributed by atoms with van der Waals surface area (Å²) in [4.78, 5) is 27.9. The van der Waals surface area contributed by atoms with Crippen LogP contribution in [0.5, 0.6) is 0 Å². The number of rotatable bonds is 5. The SMILES string of the molecule is CNC(C)C(=O)NC[C@H]1CCc2c([nH]c(C=C3C(=O)Nc4ccc(F)cc43)c2C)C1. The number of benzene rings is 1. The Balaban J connectivity index is 1.53. The van der Waals surface area contributed by atoms with E-state index < -0.39 is 0 Å². The molecule has 0 radical (unpaired) electrons. The van der Waals surface area contributed by atoms with E-state index in [9.17, 15) is 14.0 Å². The zero-order valence-electron chi connectivity index (χ0n) is 17.5. The Morgan fingerprint density at radius 2 is 2.20 bits per heavy atom. The second-order valence-electron chi connectivity index (χ2n) is 8.19. The molecule has 2 atom stereocenters. The Kier molecular flexibility index (Phi) is 5.47. The third-order valence-corrected chi connectivity index (χ3v) is 6.25. The van der Waals surface area contributed by atoms with Crippen molar-refractivity contribution >= 4 is 29.2 Å². The topological polar surface area (TPSA) is 86.0 Å². The number of likely N-dealkylation sites (N-methyl/N-ethyl adjacent to an activating group) is 1. The number of fused-ring (bicyclic) bond motifs is 2. The van der Waals surface area contributed by atoms with Gasteiger partial charge in [-0.25, -0.2) is 4.39 Å². The van der Waals surface area contributed by atoms with Crippen molar-refractivity contribution in [2.24, 2.45) is 5.92 Å². The van der Waals surface area contributed by atoms with Crippen LogP contribution in [-0.2, 0) is 22.4 Å². The quantitative estimate of drug-likeness (QED) is 0.572. The van der Waals surface area contributed by atoms with Crippen LogP contribution in [0, 0.1) is 18.7 Å². The number of anilines is 1. The van der Waals surface area contributed by atoms with Gasteiger partial charge in [-0.3, -0.25) is 9.59 Å². The van der Waals surface area contributed by atoms with Gasteiger partial charge in [0, 0.05) is 29.2 Å². The van der Waals surface area contributed by atoms with Crippen molar-refractivity contribution < 1.29 is 14.0 Å². The molecule has 0 spiro atoms. The van der Waals surface area contributed by atoms with Gasteiger partial charge in [0.25, 0.3) is 5.91 Å². The second kappa shape index (κ2) is 8.07. The van der Waals surface area contributed by atoms with E-state index >= 15 is 0 Å². The highest BCUT2D eigenvalue weighted by molar-refractivity contribution is 6.34. The molecule has 2 aromatic rings. The Labute approximate surface area is 175 Å². The van der Waals surface area contributed by atoms with Crippen molar-refractivity contribution in [3.8, 4) is 0 Å². The van der Waals surface area contributed by atoms with Gasteiger partial charge in [-0.15, -0.1) is 0 Å². The largest absolute Gasteiger partial charge is 0.358 e. The molecule has 158 valence electrons. The van der Waals surface area contributed by atoms with Crippen molar-refractivity contribution in [3.05, 3.63) is 52.1 Å². The number of nitrogens with one attached hydrogen (secondary N) is 4. The fourth-order valence-corrected chi connectivity index (χ4v) is 4.27. The fourth-order valence-electron chi connectivity index (χ4n) is 4.27. The average molecular weight is 410 g/mol. The minimum absolute atomic E-state index is 0.00882. The number of hydrogen-bond acceptors (Lipinski definition) is 3. The van der Waals surface area contributed by atoms with Crippen LogP contribution in [0.25, 0.3) is 11.6 Å². The Morgan fingerprint density at radius 3 is 2.97 bits per heavy atom. The van der Waals surface area contributed by atoms with Crippen LogP contribution >= 0.6 is 0 Å². The maximum Gasteiger partial charge on any atom is 0.256 e. The molecular weight excluding hydrogens is 383 g/mol. The highest BCUT2D eigenvalue weighted by Gasteiger charge is 2.27. The van der Waals surface area contributed by atoms with E-state index in [0.717, 1.165) is 36.2 Å². The van der Waals surface area contributed by atoms with Crippen LogP contribution in [0.1, 0.15) is 41.4 Å². The van der Waals surface area contributed by atoms with Crippen molar-refractivity contribution in [1.29, 1.82) is 0 Å². The molecule has 1 aliphatic carbocycles. The number of aromatic nitrogens is 1. The summed E-state index contributed by atoms with van der Waals surface area (Å²) in [7, 11) is 1.77. The van der Waals surface area contributed by atoms with Crippen LogP contribution in [0.2, 0.25) is 0 Å². The zero-order chi connectivity index (χ0) is 21.4. The number of halogens is 1. The molecule has 0 saturated heterocycles. The third kappa shape index (κ3) is 3.77. The summed E-state index contributed by atoms with van der Waals surface area (Å²) >= 11 is 0. The zero-order valence-corrected chi connectivity index (χ0v) is 17.5. The molecule has 1 unspecified atom stereocenters. The van der Waals surface area contributed by atoms with E-state index in [2.05, 4.69) is 27.9 Å². The van der Waals surface area contributed by atoms with Crippen LogP contribution in [0.4, 0.5) is 10.1 Å². The highest BCUT2D eigenvalue weighted by atomic mass is 19.1. The number of carbonyl (C=O) groups excluding carboxylic acids is 2. The number of amides is 2. The van der Waals surface area contributed by atoms with E-state index in [4.69, 9.17) is 0 Å². The molecule has 1 aromatic carbocycles. The van der Waals surface area contributed by atoms with Gasteiger partial charge >= 0.3 is 0 Å². The Hall–Kier alpha value is -2.93. The molecule has 0 fully saturated rings. The number of aromatic amines is 1. The predicted octanol–water partition coefficient (Wildman–Crippen LogP) is 2.78. The molecule has 30 heavy (non-hydrogen) atoms. The van der Waals surface area contributed by atoms with E-state index in [1.54, 1.807) is 13.1 Å². The summed E-state index contributed by atoms with van der Waals surface area (Å²) in [5.41, 5.74) is 6.14. The van der Waals surface area contributed by atoms with Crippen molar-refractivity contribution in [1.82, 2.24) is 15.6 Å². The Bertz CT molecular complexity index is 1040. The molecule has 2 aliphatic rings. The van der Waals surface area contributed by atoms with Crippen LogP contribution in [-0.4, -0.2) is 36.4 Å². The van der Waals surface area contributed by atoms with Gasteiger partial charge in [-0.1, -0.05) is 0 Å². The molecule has 0 saturated carbocycles. The molecule has 0 bridgehead atoms. The van der Waals surface area contributed by atoms with Crippen molar-refractivity contribution in [2.45, 2.75) is 39.2 Å². The van der Waals surface area contributed by atoms with Gasteiger partial charge in [-0.05, 0) is 81.5 Å². The number of carbonyl (C=O) groups is 2.